The molecule has 0 atom stereocenters. The van der Waals surface area contributed by atoms with Gasteiger partial charge < -0.3 is 4.42 Å². The van der Waals surface area contributed by atoms with Crippen molar-refractivity contribution in [2.24, 2.45) is 5.92 Å². The quantitative estimate of drug-likeness (QED) is 0.562. The van der Waals surface area contributed by atoms with Crippen LogP contribution in [0.2, 0.25) is 5.02 Å². The summed E-state index contributed by atoms with van der Waals surface area (Å²) >= 11 is 7.58. The van der Waals surface area contributed by atoms with Crippen molar-refractivity contribution in [2.75, 3.05) is 13.1 Å². The van der Waals surface area contributed by atoms with E-state index >= 15 is 0 Å². The molecular weight excluding hydrogens is 354 g/mol. The molecule has 2 aromatic heterocycles. The molecule has 0 saturated heterocycles. The summed E-state index contributed by atoms with van der Waals surface area (Å²) in [6.07, 6.45) is 3.67. The van der Waals surface area contributed by atoms with Crippen LogP contribution in [0.3, 0.4) is 0 Å². The van der Waals surface area contributed by atoms with E-state index in [9.17, 15) is 0 Å². The lowest BCUT2D eigenvalue weighted by Gasteiger charge is -2.20. The zero-order valence-electron chi connectivity index (χ0n) is 13.9. The van der Waals surface area contributed by atoms with Crippen LogP contribution in [-0.4, -0.2) is 28.2 Å². The Balaban J connectivity index is 1.39. The summed E-state index contributed by atoms with van der Waals surface area (Å²) in [6, 6.07) is 12.1. The highest BCUT2D eigenvalue weighted by Crippen LogP contribution is 2.30. The number of rotatable bonds is 8. The van der Waals surface area contributed by atoms with Gasteiger partial charge in [0.05, 0.1) is 11.4 Å². The third-order valence-corrected chi connectivity index (χ3v) is 5.51. The maximum atomic E-state index is 5.97. The Morgan fingerprint density at radius 1 is 1.16 bits per heavy atom. The first-order valence-corrected chi connectivity index (χ1v) is 9.85. The Morgan fingerprint density at radius 2 is 2.00 bits per heavy atom. The lowest BCUT2D eigenvalue weighted by molar-refractivity contribution is 0.233. The van der Waals surface area contributed by atoms with Crippen molar-refractivity contribution in [2.45, 2.75) is 25.8 Å². The van der Waals surface area contributed by atoms with Gasteiger partial charge in [0.25, 0.3) is 5.89 Å². The molecule has 2 heterocycles. The smallest absolute Gasteiger partial charge is 0.257 e. The average Bonchev–Trinajstić information content (AvgIpc) is 3.09. The van der Waals surface area contributed by atoms with Crippen LogP contribution in [0.1, 0.15) is 24.3 Å². The van der Waals surface area contributed by atoms with Crippen molar-refractivity contribution in [3.8, 4) is 10.8 Å². The first kappa shape index (κ1) is 16.8. The molecule has 1 fully saturated rings. The van der Waals surface area contributed by atoms with E-state index in [0.717, 1.165) is 35.3 Å². The largest absolute Gasteiger partial charge is 0.419 e. The molecule has 0 unspecified atom stereocenters. The van der Waals surface area contributed by atoms with Crippen LogP contribution < -0.4 is 0 Å². The standard InChI is InChI=1S/C19H20ClN3OS/c20-16-7-5-14(6-8-16)9-10-23(12-15-3-4-15)13-18-21-22-19(24-18)17-2-1-11-25-17/h1-2,5-8,11,15H,3-4,9-10,12-13H2. The van der Waals surface area contributed by atoms with Crippen molar-refractivity contribution < 1.29 is 4.42 Å². The number of thiophene rings is 1. The predicted octanol–water partition coefficient (Wildman–Crippen LogP) is 4.91. The first-order valence-electron chi connectivity index (χ1n) is 8.59. The monoisotopic (exact) mass is 373 g/mol. The van der Waals surface area contributed by atoms with Crippen molar-refractivity contribution in [1.82, 2.24) is 15.1 Å². The molecule has 0 aliphatic heterocycles. The summed E-state index contributed by atoms with van der Waals surface area (Å²) in [7, 11) is 0. The minimum atomic E-state index is 0.620. The predicted molar refractivity (Wildman–Crippen MR) is 101 cm³/mol. The van der Waals surface area contributed by atoms with Crippen LogP contribution in [0.4, 0.5) is 0 Å². The lowest BCUT2D eigenvalue weighted by atomic mass is 10.1. The van der Waals surface area contributed by atoms with Crippen LogP contribution in [0.15, 0.2) is 46.2 Å². The minimum Gasteiger partial charge on any atom is -0.419 e. The number of nitrogens with zero attached hydrogens (tertiary/aromatic N) is 3. The number of benzene rings is 1. The second kappa shape index (κ2) is 7.68. The molecule has 0 N–H and O–H groups in total. The highest BCUT2D eigenvalue weighted by molar-refractivity contribution is 7.13. The molecule has 3 aromatic rings. The van der Waals surface area contributed by atoms with E-state index < -0.39 is 0 Å². The zero-order valence-corrected chi connectivity index (χ0v) is 15.5. The summed E-state index contributed by atoms with van der Waals surface area (Å²) in [6.45, 7) is 2.79. The lowest BCUT2D eigenvalue weighted by Crippen LogP contribution is -2.28. The summed E-state index contributed by atoms with van der Waals surface area (Å²) in [4.78, 5) is 3.45. The summed E-state index contributed by atoms with van der Waals surface area (Å²) in [5.74, 6) is 2.14. The topological polar surface area (TPSA) is 42.2 Å². The Labute approximate surface area is 156 Å². The normalized spacial score (nSPS) is 14.3. The molecule has 25 heavy (non-hydrogen) atoms. The van der Waals surface area contributed by atoms with Crippen LogP contribution in [0.5, 0.6) is 0 Å². The molecule has 130 valence electrons. The van der Waals surface area contributed by atoms with Gasteiger partial charge in [0.15, 0.2) is 0 Å². The van der Waals surface area contributed by atoms with Gasteiger partial charge in [-0.3, -0.25) is 4.90 Å². The van der Waals surface area contributed by atoms with E-state index in [1.54, 1.807) is 11.3 Å². The highest BCUT2D eigenvalue weighted by Gasteiger charge is 2.25. The fourth-order valence-electron chi connectivity index (χ4n) is 2.85. The van der Waals surface area contributed by atoms with Gasteiger partial charge in [-0.15, -0.1) is 21.5 Å². The van der Waals surface area contributed by atoms with E-state index in [1.165, 1.54) is 18.4 Å². The molecule has 4 nitrogen and oxygen atoms in total. The Kier molecular flexibility index (Phi) is 5.15. The van der Waals surface area contributed by atoms with Crippen LogP contribution in [-0.2, 0) is 13.0 Å². The first-order chi connectivity index (χ1) is 12.3. The molecule has 1 aliphatic carbocycles. The molecule has 1 aromatic carbocycles. The fraction of sp³-hybridized carbons (Fsp3) is 0.368. The van der Waals surface area contributed by atoms with E-state index in [0.29, 0.717) is 18.3 Å². The van der Waals surface area contributed by atoms with E-state index in [-0.39, 0.29) is 0 Å². The summed E-state index contributed by atoms with van der Waals surface area (Å²) in [5, 5.41) is 11.2. The van der Waals surface area contributed by atoms with Crippen LogP contribution >= 0.6 is 22.9 Å². The molecule has 1 aliphatic rings. The second-order valence-corrected chi connectivity index (χ2v) is 7.92. The van der Waals surface area contributed by atoms with Gasteiger partial charge in [0.2, 0.25) is 5.89 Å². The molecule has 0 radical (unpaired) electrons. The molecule has 4 rings (SSSR count). The molecular formula is C19H20ClN3OS. The zero-order chi connectivity index (χ0) is 17.1. The number of halogens is 1. The highest BCUT2D eigenvalue weighted by atomic mass is 35.5. The maximum absolute atomic E-state index is 5.97. The van der Waals surface area contributed by atoms with Crippen molar-refractivity contribution in [3.05, 3.63) is 58.3 Å². The third-order valence-electron chi connectivity index (χ3n) is 4.40. The fourth-order valence-corrected chi connectivity index (χ4v) is 3.62. The van der Waals surface area contributed by atoms with Gasteiger partial charge in [-0.05, 0) is 54.3 Å². The number of hydrogen-bond acceptors (Lipinski definition) is 5. The van der Waals surface area contributed by atoms with Gasteiger partial charge in [-0.1, -0.05) is 29.8 Å². The SMILES string of the molecule is Clc1ccc(CCN(Cc2nnc(-c3cccs3)o2)CC2CC2)cc1. The Bertz CT molecular complexity index is 796. The Morgan fingerprint density at radius 3 is 2.72 bits per heavy atom. The number of hydrogen-bond donors (Lipinski definition) is 0. The van der Waals surface area contributed by atoms with E-state index in [4.69, 9.17) is 16.0 Å². The van der Waals surface area contributed by atoms with Gasteiger partial charge in [0, 0.05) is 18.1 Å². The van der Waals surface area contributed by atoms with Gasteiger partial charge in [-0.2, -0.15) is 0 Å². The molecule has 6 heteroatoms. The second-order valence-electron chi connectivity index (χ2n) is 6.53. The minimum absolute atomic E-state index is 0.620. The van der Waals surface area contributed by atoms with E-state index in [1.807, 2.05) is 29.6 Å². The maximum Gasteiger partial charge on any atom is 0.257 e. The molecule has 1 saturated carbocycles. The molecule has 0 amide bonds. The molecule has 0 spiro atoms. The van der Waals surface area contributed by atoms with E-state index in [2.05, 4.69) is 27.2 Å². The number of aromatic nitrogens is 2. The summed E-state index contributed by atoms with van der Waals surface area (Å²) < 4.78 is 5.86. The van der Waals surface area contributed by atoms with Gasteiger partial charge >= 0.3 is 0 Å². The summed E-state index contributed by atoms with van der Waals surface area (Å²) in [5.41, 5.74) is 1.30. The van der Waals surface area contributed by atoms with Crippen LogP contribution in [0, 0.1) is 5.92 Å². The van der Waals surface area contributed by atoms with Crippen molar-refractivity contribution >= 4 is 22.9 Å². The van der Waals surface area contributed by atoms with Crippen molar-refractivity contribution in [1.29, 1.82) is 0 Å². The third kappa shape index (κ3) is 4.69. The van der Waals surface area contributed by atoms with Crippen LogP contribution in [0.25, 0.3) is 10.8 Å². The van der Waals surface area contributed by atoms with Gasteiger partial charge in [-0.25, -0.2) is 0 Å². The van der Waals surface area contributed by atoms with Crippen molar-refractivity contribution in [3.63, 3.8) is 0 Å². The van der Waals surface area contributed by atoms with Gasteiger partial charge in [0.1, 0.15) is 0 Å². The Hall–Kier alpha value is -1.69. The average molecular weight is 374 g/mol. The molecule has 0 bridgehead atoms.